The van der Waals surface area contributed by atoms with Crippen LogP contribution in [0.2, 0.25) is 0 Å². The molecule has 0 bridgehead atoms. The van der Waals surface area contributed by atoms with Crippen molar-refractivity contribution < 1.29 is 32.2 Å². The van der Waals surface area contributed by atoms with Crippen LogP contribution in [0.5, 0.6) is 5.75 Å². The Morgan fingerprint density at radius 2 is 2.04 bits per heavy atom. The number of halogens is 3. The Morgan fingerprint density at radius 1 is 1.33 bits per heavy atom. The monoisotopic (exact) mass is 385 g/mol. The van der Waals surface area contributed by atoms with Gasteiger partial charge in [0.1, 0.15) is 6.04 Å². The first-order valence-corrected chi connectivity index (χ1v) is 7.96. The number of hydrogen-bond acceptors (Lipinski definition) is 5. The highest BCUT2D eigenvalue weighted by molar-refractivity contribution is 5.97. The molecule has 0 saturated carbocycles. The van der Waals surface area contributed by atoms with E-state index in [9.17, 15) is 22.8 Å². The molecular formula is C17H18F3N3O4. The maximum absolute atomic E-state index is 12.9. The molecule has 1 atom stereocenters. The minimum Gasteiger partial charge on any atom is -0.493 e. The number of hydrogen-bond donors (Lipinski definition) is 1. The number of alkyl halides is 3. The van der Waals surface area contributed by atoms with E-state index in [2.05, 4.69) is 10.4 Å². The van der Waals surface area contributed by atoms with Crippen LogP contribution in [0.15, 0.2) is 30.5 Å². The van der Waals surface area contributed by atoms with Crippen LogP contribution in [-0.2, 0) is 15.7 Å². The molecule has 0 aliphatic carbocycles. The zero-order valence-corrected chi connectivity index (χ0v) is 14.8. The van der Waals surface area contributed by atoms with Gasteiger partial charge in [-0.3, -0.25) is 4.79 Å². The zero-order chi connectivity index (χ0) is 20.2. The molecule has 0 saturated heterocycles. The normalized spacial score (nSPS) is 12.4. The molecule has 0 aliphatic rings. The number of methoxy groups -OCH3 is 1. The van der Waals surface area contributed by atoms with Gasteiger partial charge in [0, 0.05) is 0 Å². The Balaban J connectivity index is 2.30. The van der Waals surface area contributed by atoms with Gasteiger partial charge in [0.25, 0.3) is 5.91 Å². The highest BCUT2D eigenvalue weighted by Gasteiger charge is 2.31. The Bertz CT molecular complexity index is 833. The van der Waals surface area contributed by atoms with Gasteiger partial charge in [0.15, 0.2) is 11.4 Å². The van der Waals surface area contributed by atoms with Crippen molar-refractivity contribution in [3.05, 3.63) is 41.7 Å². The molecule has 7 nitrogen and oxygen atoms in total. The number of aromatic nitrogens is 2. The lowest BCUT2D eigenvalue weighted by Crippen LogP contribution is -2.39. The third-order valence-electron chi connectivity index (χ3n) is 3.54. The highest BCUT2D eigenvalue weighted by atomic mass is 19.4. The molecule has 2 aromatic rings. The van der Waals surface area contributed by atoms with Crippen LogP contribution in [0.25, 0.3) is 5.69 Å². The van der Waals surface area contributed by atoms with Crippen molar-refractivity contribution in [3.63, 3.8) is 0 Å². The summed E-state index contributed by atoms with van der Waals surface area (Å²) in [6.45, 7) is 3.23. The molecule has 2 rings (SSSR count). The fraction of sp³-hybridized carbons (Fsp3) is 0.353. The standard InChI is InChI=1S/C17H18F3N3O4/c1-4-27-16(25)10(2)21-15(24)14-13(26-3)9-23(22-14)12-7-5-6-11(8-12)17(18,19)20/h5-10H,4H2,1-3H3,(H,21,24). The van der Waals surface area contributed by atoms with Gasteiger partial charge < -0.3 is 14.8 Å². The molecule has 0 fully saturated rings. The predicted octanol–water partition coefficient (Wildman–Crippen LogP) is 2.58. The van der Waals surface area contributed by atoms with Gasteiger partial charge in [-0.15, -0.1) is 0 Å². The summed E-state index contributed by atoms with van der Waals surface area (Å²) in [4.78, 5) is 24.0. The van der Waals surface area contributed by atoms with Crippen LogP contribution in [-0.4, -0.2) is 41.4 Å². The fourth-order valence-corrected chi connectivity index (χ4v) is 2.21. The van der Waals surface area contributed by atoms with E-state index < -0.39 is 29.7 Å². The number of nitrogens with zero attached hydrogens (tertiary/aromatic N) is 2. The average molecular weight is 385 g/mol. The minimum atomic E-state index is -4.51. The average Bonchev–Trinajstić information content (AvgIpc) is 3.06. The molecule has 1 N–H and O–H groups in total. The van der Waals surface area contributed by atoms with E-state index in [4.69, 9.17) is 9.47 Å². The summed E-state index contributed by atoms with van der Waals surface area (Å²) in [5.41, 5.74) is -0.928. The number of carbonyl (C=O) groups excluding carboxylic acids is 2. The van der Waals surface area contributed by atoms with Crippen LogP contribution in [0.1, 0.15) is 29.9 Å². The molecule has 0 spiro atoms. The van der Waals surface area contributed by atoms with Gasteiger partial charge in [-0.1, -0.05) is 6.07 Å². The molecule has 1 amide bonds. The molecule has 27 heavy (non-hydrogen) atoms. The number of ether oxygens (including phenoxy) is 2. The number of nitrogens with one attached hydrogen (secondary N) is 1. The second-order valence-corrected chi connectivity index (χ2v) is 5.49. The van der Waals surface area contributed by atoms with Crippen molar-refractivity contribution in [1.29, 1.82) is 0 Å². The third kappa shape index (κ3) is 4.78. The maximum Gasteiger partial charge on any atom is 0.416 e. The summed E-state index contributed by atoms with van der Waals surface area (Å²) in [6.07, 6.45) is -3.23. The van der Waals surface area contributed by atoms with Gasteiger partial charge in [-0.2, -0.15) is 18.3 Å². The first-order chi connectivity index (χ1) is 12.7. The zero-order valence-electron chi connectivity index (χ0n) is 14.8. The summed E-state index contributed by atoms with van der Waals surface area (Å²) in [7, 11) is 1.29. The number of benzene rings is 1. The van der Waals surface area contributed by atoms with Crippen LogP contribution < -0.4 is 10.1 Å². The molecule has 0 radical (unpaired) electrons. The number of amides is 1. The number of carbonyl (C=O) groups is 2. The molecule has 0 aliphatic heterocycles. The first-order valence-electron chi connectivity index (χ1n) is 7.96. The van der Waals surface area contributed by atoms with Crippen molar-refractivity contribution >= 4 is 11.9 Å². The molecule has 1 aromatic carbocycles. The van der Waals surface area contributed by atoms with E-state index in [0.717, 1.165) is 16.8 Å². The smallest absolute Gasteiger partial charge is 0.416 e. The molecule has 146 valence electrons. The quantitative estimate of drug-likeness (QED) is 0.773. The van der Waals surface area contributed by atoms with E-state index in [1.54, 1.807) is 6.92 Å². The summed E-state index contributed by atoms with van der Waals surface area (Å²) < 4.78 is 49.6. The second-order valence-electron chi connectivity index (χ2n) is 5.49. The Kier molecular flexibility index (Phi) is 6.09. The van der Waals surface area contributed by atoms with E-state index >= 15 is 0 Å². The number of esters is 1. The van der Waals surface area contributed by atoms with Crippen molar-refractivity contribution in [3.8, 4) is 11.4 Å². The topological polar surface area (TPSA) is 82.5 Å². The molecular weight excluding hydrogens is 367 g/mol. The molecule has 1 heterocycles. The predicted molar refractivity (Wildman–Crippen MR) is 88.7 cm³/mol. The van der Waals surface area contributed by atoms with E-state index in [1.807, 2.05) is 0 Å². The Labute approximate surface area is 153 Å². The second kappa shape index (κ2) is 8.11. The summed E-state index contributed by atoms with van der Waals surface area (Å²) in [6, 6.07) is 3.54. The lowest BCUT2D eigenvalue weighted by molar-refractivity contribution is -0.145. The lowest BCUT2D eigenvalue weighted by Gasteiger charge is -2.11. The summed E-state index contributed by atoms with van der Waals surface area (Å²) in [5, 5.41) is 6.40. The Hall–Kier alpha value is -3.04. The number of rotatable bonds is 6. The van der Waals surface area contributed by atoms with Crippen molar-refractivity contribution in [1.82, 2.24) is 15.1 Å². The van der Waals surface area contributed by atoms with Gasteiger partial charge in [-0.25, -0.2) is 9.48 Å². The van der Waals surface area contributed by atoms with Gasteiger partial charge in [0.05, 0.1) is 31.2 Å². The van der Waals surface area contributed by atoms with Crippen LogP contribution >= 0.6 is 0 Å². The van der Waals surface area contributed by atoms with Crippen LogP contribution in [0.4, 0.5) is 13.2 Å². The summed E-state index contributed by atoms with van der Waals surface area (Å²) in [5.74, 6) is -1.30. The van der Waals surface area contributed by atoms with Crippen molar-refractivity contribution in [2.75, 3.05) is 13.7 Å². The van der Waals surface area contributed by atoms with Crippen LogP contribution in [0, 0.1) is 0 Å². The highest BCUT2D eigenvalue weighted by Crippen LogP contribution is 2.30. The van der Waals surface area contributed by atoms with Crippen molar-refractivity contribution in [2.24, 2.45) is 0 Å². The molecule has 1 aromatic heterocycles. The minimum absolute atomic E-state index is 0.0426. The molecule has 1 unspecified atom stereocenters. The summed E-state index contributed by atoms with van der Waals surface area (Å²) >= 11 is 0. The molecule has 10 heteroatoms. The SMILES string of the molecule is CCOC(=O)C(C)NC(=O)c1nn(-c2cccc(C(F)(F)F)c2)cc1OC. The van der Waals surface area contributed by atoms with E-state index in [0.29, 0.717) is 0 Å². The Morgan fingerprint density at radius 3 is 2.63 bits per heavy atom. The lowest BCUT2D eigenvalue weighted by atomic mass is 10.2. The van der Waals surface area contributed by atoms with Crippen molar-refractivity contribution in [2.45, 2.75) is 26.1 Å². The van der Waals surface area contributed by atoms with E-state index in [-0.39, 0.29) is 23.7 Å². The van der Waals surface area contributed by atoms with E-state index in [1.165, 1.54) is 32.4 Å². The van der Waals surface area contributed by atoms with Gasteiger partial charge >= 0.3 is 12.1 Å². The largest absolute Gasteiger partial charge is 0.493 e. The maximum atomic E-state index is 12.9. The third-order valence-corrected chi connectivity index (χ3v) is 3.54. The van der Waals surface area contributed by atoms with Gasteiger partial charge in [-0.05, 0) is 32.0 Å². The van der Waals surface area contributed by atoms with Crippen LogP contribution in [0.3, 0.4) is 0 Å². The first kappa shape index (κ1) is 20.3. The fourth-order valence-electron chi connectivity index (χ4n) is 2.21. The van der Waals surface area contributed by atoms with Gasteiger partial charge in [0.2, 0.25) is 0 Å².